The molecule has 0 fully saturated rings. The molecule has 0 radical (unpaired) electrons. The molecule has 0 aromatic heterocycles. The first-order chi connectivity index (χ1) is 6.07. The van der Waals surface area contributed by atoms with Gasteiger partial charge in [0.1, 0.15) is 0 Å². The molecule has 0 saturated carbocycles. The van der Waals surface area contributed by atoms with Gasteiger partial charge in [-0.15, -0.1) is 0 Å². The summed E-state index contributed by atoms with van der Waals surface area (Å²) >= 11 is 0. The zero-order valence-corrected chi connectivity index (χ0v) is 8.27. The third-order valence-corrected chi connectivity index (χ3v) is 3.53. The molecular weight excluding hydrogens is 208 g/mol. The van der Waals surface area contributed by atoms with Crippen LogP contribution in [0.1, 0.15) is 11.1 Å². The molecule has 68 valence electrons. The molecule has 13 heavy (non-hydrogen) atoms. The smallest absolute Gasteiger partial charge is 0.207 e. The number of allylic oxidation sites excluding steroid dienone is 1. The fourth-order valence-corrected chi connectivity index (χ4v) is 2.30. The summed E-state index contributed by atoms with van der Waals surface area (Å²) in [6.07, 6.45) is 2.04. The highest BCUT2D eigenvalue weighted by molar-refractivity contribution is 8.16. The summed E-state index contributed by atoms with van der Waals surface area (Å²) in [7, 11) is 1.70. The second-order valence-electron chi connectivity index (χ2n) is 2.92. The van der Waals surface area contributed by atoms with Crippen molar-refractivity contribution in [3.05, 3.63) is 40.3 Å². The highest BCUT2D eigenvalue weighted by atomic mass is 35.7. The molecule has 0 N–H and O–H groups in total. The highest BCUT2D eigenvalue weighted by Crippen LogP contribution is 2.29. The predicted molar refractivity (Wildman–Crippen MR) is 52.9 cm³/mol. The lowest BCUT2D eigenvalue weighted by molar-refractivity contribution is 0.614. The maximum Gasteiger partial charge on any atom is 0.257 e. The molecule has 1 aromatic carbocycles. The molecule has 1 aromatic rings. The molecular formula is C9H7ClO2S. The van der Waals surface area contributed by atoms with Gasteiger partial charge in [-0.1, -0.05) is 24.3 Å². The predicted octanol–water partition coefficient (Wildman–Crippen LogP) is 2.15. The Morgan fingerprint density at radius 3 is 2.54 bits per heavy atom. The van der Waals surface area contributed by atoms with Crippen LogP contribution in [0.3, 0.4) is 0 Å². The summed E-state index contributed by atoms with van der Waals surface area (Å²) in [5.41, 5.74) is 1.96. The first-order valence-corrected chi connectivity index (χ1v) is 6.11. The van der Waals surface area contributed by atoms with Crippen LogP contribution in [0.2, 0.25) is 0 Å². The molecule has 0 amide bonds. The van der Waals surface area contributed by atoms with Crippen LogP contribution in [-0.4, -0.2) is 8.42 Å². The molecule has 4 heteroatoms. The maximum atomic E-state index is 11.0. The largest absolute Gasteiger partial charge is 0.257 e. The Hall–Kier alpha value is -0.800. The second kappa shape index (κ2) is 2.86. The molecule has 0 unspecified atom stereocenters. The summed E-state index contributed by atoms with van der Waals surface area (Å²) < 4.78 is 22.0. The van der Waals surface area contributed by atoms with Gasteiger partial charge >= 0.3 is 0 Å². The monoisotopic (exact) mass is 214 g/mol. The summed E-state index contributed by atoms with van der Waals surface area (Å²) in [6, 6.07) is 7.54. The highest BCUT2D eigenvalue weighted by Gasteiger charge is 2.20. The van der Waals surface area contributed by atoms with E-state index in [1.165, 1.54) is 0 Å². The van der Waals surface area contributed by atoms with Crippen LogP contribution < -0.4 is 0 Å². The molecule has 0 saturated heterocycles. The molecule has 0 heterocycles. The van der Waals surface area contributed by atoms with Crippen LogP contribution in [0.5, 0.6) is 0 Å². The van der Waals surface area contributed by atoms with Crippen molar-refractivity contribution < 1.29 is 8.42 Å². The summed E-state index contributed by atoms with van der Waals surface area (Å²) in [5, 5.41) is 0. The van der Waals surface area contributed by atoms with Crippen LogP contribution in [-0.2, 0) is 15.5 Å². The quantitative estimate of drug-likeness (QED) is 0.672. The van der Waals surface area contributed by atoms with E-state index in [9.17, 15) is 8.42 Å². The first kappa shape index (κ1) is 8.78. The molecule has 1 aliphatic carbocycles. The van der Waals surface area contributed by atoms with Crippen LogP contribution in [0.25, 0.3) is 6.08 Å². The Kier molecular flexibility index (Phi) is 1.93. The average molecular weight is 215 g/mol. The van der Waals surface area contributed by atoms with Gasteiger partial charge in [0, 0.05) is 17.1 Å². The number of fused-ring (bicyclic) bond motifs is 1. The van der Waals surface area contributed by atoms with E-state index in [0.29, 0.717) is 6.42 Å². The summed E-state index contributed by atoms with van der Waals surface area (Å²) in [4.78, 5) is 0.287. The molecule has 0 aliphatic heterocycles. The minimum absolute atomic E-state index is 0.287. The van der Waals surface area contributed by atoms with E-state index in [1.807, 2.05) is 24.3 Å². The number of hydrogen-bond acceptors (Lipinski definition) is 2. The van der Waals surface area contributed by atoms with Gasteiger partial charge in [-0.05, 0) is 17.2 Å². The van der Waals surface area contributed by atoms with E-state index in [2.05, 4.69) is 0 Å². The zero-order chi connectivity index (χ0) is 9.47. The lowest BCUT2D eigenvalue weighted by atomic mass is 10.1. The average Bonchev–Trinajstić information content (AvgIpc) is 2.45. The van der Waals surface area contributed by atoms with E-state index in [0.717, 1.165) is 11.1 Å². The van der Waals surface area contributed by atoms with Gasteiger partial charge in [-0.3, -0.25) is 0 Å². The van der Waals surface area contributed by atoms with Crippen LogP contribution >= 0.6 is 10.7 Å². The van der Waals surface area contributed by atoms with Crippen molar-refractivity contribution in [2.75, 3.05) is 0 Å². The molecule has 0 spiro atoms. The fourth-order valence-electron chi connectivity index (χ4n) is 1.40. The van der Waals surface area contributed by atoms with Gasteiger partial charge in [-0.25, -0.2) is 8.42 Å². The van der Waals surface area contributed by atoms with E-state index < -0.39 is 9.05 Å². The van der Waals surface area contributed by atoms with E-state index >= 15 is 0 Å². The fraction of sp³-hybridized carbons (Fsp3) is 0.111. The topological polar surface area (TPSA) is 34.1 Å². The van der Waals surface area contributed by atoms with Crippen molar-refractivity contribution in [1.82, 2.24) is 0 Å². The Morgan fingerprint density at radius 1 is 1.23 bits per heavy atom. The lowest BCUT2D eigenvalue weighted by Gasteiger charge is -1.95. The van der Waals surface area contributed by atoms with E-state index in [1.54, 1.807) is 6.08 Å². The van der Waals surface area contributed by atoms with Gasteiger partial charge in [0.15, 0.2) is 0 Å². The third kappa shape index (κ3) is 1.62. The minimum Gasteiger partial charge on any atom is -0.207 e. The molecule has 2 nitrogen and oxygen atoms in total. The van der Waals surface area contributed by atoms with Gasteiger partial charge in [0.2, 0.25) is 0 Å². The minimum atomic E-state index is -3.54. The van der Waals surface area contributed by atoms with Crippen molar-refractivity contribution in [1.29, 1.82) is 0 Å². The van der Waals surface area contributed by atoms with Gasteiger partial charge in [0.05, 0.1) is 4.91 Å². The second-order valence-corrected chi connectivity index (χ2v) is 5.54. The van der Waals surface area contributed by atoms with E-state index in [4.69, 9.17) is 10.7 Å². The Labute approximate surface area is 81.3 Å². The van der Waals surface area contributed by atoms with Crippen molar-refractivity contribution in [2.24, 2.45) is 0 Å². The Morgan fingerprint density at radius 2 is 1.92 bits per heavy atom. The summed E-state index contributed by atoms with van der Waals surface area (Å²) in [5.74, 6) is 0. The van der Waals surface area contributed by atoms with Gasteiger partial charge < -0.3 is 0 Å². The van der Waals surface area contributed by atoms with E-state index in [-0.39, 0.29) is 4.91 Å². The molecule has 0 bridgehead atoms. The molecule has 2 rings (SSSR count). The van der Waals surface area contributed by atoms with Crippen molar-refractivity contribution in [3.8, 4) is 0 Å². The van der Waals surface area contributed by atoms with Crippen LogP contribution in [0.15, 0.2) is 29.2 Å². The maximum absolute atomic E-state index is 11.0. The number of hydrogen-bond donors (Lipinski definition) is 0. The van der Waals surface area contributed by atoms with Crippen molar-refractivity contribution in [2.45, 2.75) is 6.42 Å². The number of benzene rings is 1. The normalized spacial score (nSPS) is 15.3. The SMILES string of the molecule is O=S(=O)(Cl)C1=Cc2ccccc2C1. The third-order valence-electron chi connectivity index (χ3n) is 2.05. The van der Waals surface area contributed by atoms with Crippen LogP contribution in [0, 0.1) is 0 Å². The molecule has 0 atom stereocenters. The lowest BCUT2D eigenvalue weighted by Crippen LogP contribution is -1.93. The van der Waals surface area contributed by atoms with Crippen molar-refractivity contribution >= 4 is 25.8 Å². The first-order valence-electron chi connectivity index (χ1n) is 3.80. The van der Waals surface area contributed by atoms with Crippen LogP contribution in [0.4, 0.5) is 0 Å². The Bertz CT molecular complexity index is 474. The Balaban J connectivity index is 2.48. The number of halogens is 1. The van der Waals surface area contributed by atoms with Crippen molar-refractivity contribution in [3.63, 3.8) is 0 Å². The zero-order valence-electron chi connectivity index (χ0n) is 6.70. The number of rotatable bonds is 1. The summed E-state index contributed by atoms with van der Waals surface area (Å²) in [6.45, 7) is 0. The standard InChI is InChI=1S/C9H7ClO2S/c10-13(11,12)9-5-7-3-1-2-4-8(7)6-9/h1-5H,6H2. The van der Waals surface area contributed by atoms with Gasteiger partial charge in [0.25, 0.3) is 9.05 Å². The molecule has 1 aliphatic rings. The van der Waals surface area contributed by atoms with Gasteiger partial charge in [-0.2, -0.15) is 0 Å².